The van der Waals surface area contributed by atoms with Crippen molar-refractivity contribution in [3.05, 3.63) is 93.5 Å². The molecule has 0 fully saturated rings. The lowest BCUT2D eigenvalue weighted by atomic mass is 10.1. The van der Waals surface area contributed by atoms with E-state index in [0.29, 0.717) is 45.2 Å². The molecule has 1 N–H and O–H groups in total. The van der Waals surface area contributed by atoms with Crippen LogP contribution in [0.3, 0.4) is 0 Å². The lowest BCUT2D eigenvalue weighted by Gasteiger charge is -2.14. The van der Waals surface area contributed by atoms with Gasteiger partial charge in [0.2, 0.25) is 0 Å². The van der Waals surface area contributed by atoms with Gasteiger partial charge in [0.25, 0.3) is 11.5 Å². The summed E-state index contributed by atoms with van der Waals surface area (Å²) < 4.78 is 7.71. The number of rotatable bonds is 4. The number of halogens is 1. The van der Waals surface area contributed by atoms with Crippen molar-refractivity contribution in [2.45, 2.75) is 32.2 Å². The molecule has 0 unspecified atom stereocenters. The van der Waals surface area contributed by atoms with Gasteiger partial charge in [0.15, 0.2) is 5.75 Å². The first-order valence-electron chi connectivity index (χ1n) is 11.0. The Labute approximate surface area is 195 Å². The second kappa shape index (κ2) is 9.08. The van der Waals surface area contributed by atoms with Crippen LogP contribution in [0.25, 0.3) is 10.9 Å². The molecule has 2 heterocycles. The van der Waals surface area contributed by atoms with E-state index in [-0.39, 0.29) is 11.5 Å². The first-order valence-corrected chi connectivity index (χ1v) is 11.3. The Hall–Kier alpha value is -3.64. The number of carbonyl (C=O) groups is 1. The topological polar surface area (TPSA) is 73.2 Å². The van der Waals surface area contributed by atoms with Crippen LogP contribution >= 0.6 is 11.6 Å². The second-order valence-corrected chi connectivity index (χ2v) is 8.42. The molecule has 0 radical (unpaired) electrons. The average Bonchev–Trinajstić information content (AvgIpc) is 3.07. The maximum atomic E-state index is 13.1. The Morgan fingerprint density at radius 2 is 1.76 bits per heavy atom. The molecule has 0 atom stereocenters. The molecule has 1 aromatic heterocycles. The van der Waals surface area contributed by atoms with Crippen LogP contribution in [0.2, 0.25) is 5.02 Å². The number of ether oxygens (including phenoxy) is 1. The molecule has 0 spiro atoms. The molecule has 4 aromatic rings. The van der Waals surface area contributed by atoms with E-state index in [4.69, 9.17) is 21.3 Å². The molecule has 1 aliphatic rings. The lowest BCUT2D eigenvalue weighted by molar-refractivity contribution is 0.102. The lowest BCUT2D eigenvalue weighted by Crippen LogP contribution is -2.24. The van der Waals surface area contributed by atoms with Crippen LogP contribution in [0, 0.1) is 0 Å². The standard InChI is InChI=1S/C26H22ClN3O3/c27-19-8-3-5-10-22(19)33-23-11-6-4-9-20(23)29-25(31)17-13-14-18-21(16-17)28-24-12-2-1-7-15-30(24)26(18)32/h3-6,8-11,13-14,16H,1-2,7,12,15H2,(H,29,31). The highest BCUT2D eigenvalue weighted by atomic mass is 35.5. The van der Waals surface area contributed by atoms with Crippen LogP contribution < -0.4 is 15.6 Å². The number of aromatic nitrogens is 2. The Bertz CT molecular complexity index is 1410. The van der Waals surface area contributed by atoms with Gasteiger partial charge in [0.05, 0.1) is 21.6 Å². The number of hydrogen-bond acceptors (Lipinski definition) is 4. The van der Waals surface area contributed by atoms with E-state index in [1.54, 1.807) is 47.0 Å². The number of fused-ring (bicyclic) bond motifs is 2. The molecule has 3 aromatic carbocycles. The van der Waals surface area contributed by atoms with Crippen molar-refractivity contribution in [1.29, 1.82) is 0 Å². The van der Waals surface area contributed by atoms with Crippen LogP contribution in [0.4, 0.5) is 5.69 Å². The minimum Gasteiger partial charge on any atom is -0.454 e. The Kier molecular flexibility index (Phi) is 5.84. The zero-order valence-electron chi connectivity index (χ0n) is 17.9. The normalized spacial score (nSPS) is 13.2. The van der Waals surface area contributed by atoms with E-state index < -0.39 is 0 Å². The Morgan fingerprint density at radius 1 is 0.970 bits per heavy atom. The van der Waals surface area contributed by atoms with Crippen molar-refractivity contribution in [1.82, 2.24) is 9.55 Å². The minimum atomic E-state index is -0.316. The summed E-state index contributed by atoms with van der Waals surface area (Å²) in [6.45, 7) is 0.696. The Balaban J connectivity index is 1.44. The molecule has 0 aliphatic carbocycles. The van der Waals surface area contributed by atoms with E-state index in [2.05, 4.69) is 5.32 Å². The van der Waals surface area contributed by atoms with Gasteiger partial charge in [-0.2, -0.15) is 0 Å². The maximum Gasteiger partial charge on any atom is 0.261 e. The monoisotopic (exact) mass is 459 g/mol. The summed E-state index contributed by atoms with van der Waals surface area (Å²) in [6.07, 6.45) is 3.85. The number of nitrogens with one attached hydrogen (secondary N) is 1. The third-order valence-electron chi connectivity index (χ3n) is 5.77. The molecule has 0 bridgehead atoms. The predicted molar refractivity (Wildman–Crippen MR) is 129 cm³/mol. The number of anilines is 1. The zero-order chi connectivity index (χ0) is 22.8. The molecule has 0 saturated heterocycles. The summed E-state index contributed by atoms with van der Waals surface area (Å²) >= 11 is 6.21. The highest BCUT2D eigenvalue weighted by Crippen LogP contribution is 2.33. The largest absolute Gasteiger partial charge is 0.454 e. The molecular formula is C26H22ClN3O3. The van der Waals surface area contributed by atoms with Gasteiger partial charge in [-0.1, -0.05) is 42.3 Å². The van der Waals surface area contributed by atoms with Crippen molar-refractivity contribution in [2.24, 2.45) is 0 Å². The third-order valence-corrected chi connectivity index (χ3v) is 6.08. The van der Waals surface area contributed by atoms with Gasteiger partial charge in [-0.25, -0.2) is 4.98 Å². The van der Waals surface area contributed by atoms with Crippen LogP contribution in [0.5, 0.6) is 11.5 Å². The summed E-state index contributed by atoms with van der Waals surface area (Å²) in [4.78, 5) is 30.7. The zero-order valence-corrected chi connectivity index (χ0v) is 18.6. The molecular weight excluding hydrogens is 438 g/mol. The number of hydrogen-bond donors (Lipinski definition) is 1. The first-order chi connectivity index (χ1) is 16.1. The summed E-state index contributed by atoms with van der Waals surface area (Å²) in [7, 11) is 0. The number of carbonyl (C=O) groups excluding carboxylic acids is 1. The summed E-state index contributed by atoms with van der Waals surface area (Å²) in [6, 6.07) is 19.3. The summed E-state index contributed by atoms with van der Waals surface area (Å²) in [5.74, 6) is 1.45. The van der Waals surface area contributed by atoms with E-state index in [1.807, 2.05) is 24.3 Å². The SMILES string of the molecule is O=C(Nc1ccccc1Oc1ccccc1Cl)c1ccc2c(=O)n3c(nc2c1)CCCCC3. The third kappa shape index (κ3) is 4.34. The van der Waals surface area contributed by atoms with Crippen molar-refractivity contribution < 1.29 is 9.53 Å². The van der Waals surface area contributed by atoms with Crippen molar-refractivity contribution in [3.8, 4) is 11.5 Å². The molecule has 33 heavy (non-hydrogen) atoms. The fourth-order valence-corrected chi connectivity index (χ4v) is 4.23. The van der Waals surface area contributed by atoms with Crippen LogP contribution in [-0.2, 0) is 13.0 Å². The smallest absolute Gasteiger partial charge is 0.261 e. The fraction of sp³-hybridized carbons (Fsp3) is 0.192. The summed E-state index contributed by atoms with van der Waals surface area (Å²) in [5.41, 5.74) is 1.43. The average molecular weight is 460 g/mol. The highest BCUT2D eigenvalue weighted by molar-refractivity contribution is 6.32. The Morgan fingerprint density at radius 3 is 2.61 bits per heavy atom. The van der Waals surface area contributed by atoms with Crippen molar-refractivity contribution >= 4 is 34.1 Å². The molecule has 0 saturated carbocycles. The van der Waals surface area contributed by atoms with Gasteiger partial charge in [-0.05, 0) is 55.3 Å². The van der Waals surface area contributed by atoms with Crippen molar-refractivity contribution in [2.75, 3.05) is 5.32 Å². The van der Waals surface area contributed by atoms with Crippen LogP contribution in [-0.4, -0.2) is 15.5 Å². The number of para-hydroxylation sites is 3. The number of benzene rings is 3. The molecule has 1 amide bonds. The van der Waals surface area contributed by atoms with Gasteiger partial charge < -0.3 is 10.1 Å². The highest BCUT2D eigenvalue weighted by Gasteiger charge is 2.16. The number of amides is 1. The second-order valence-electron chi connectivity index (χ2n) is 8.01. The minimum absolute atomic E-state index is 0.0395. The van der Waals surface area contributed by atoms with E-state index in [0.717, 1.165) is 31.5 Å². The molecule has 166 valence electrons. The van der Waals surface area contributed by atoms with Gasteiger partial charge in [-0.15, -0.1) is 0 Å². The van der Waals surface area contributed by atoms with Gasteiger partial charge >= 0.3 is 0 Å². The van der Waals surface area contributed by atoms with Crippen molar-refractivity contribution in [3.63, 3.8) is 0 Å². The van der Waals surface area contributed by atoms with Gasteiger partial charge in [-0.3, -0.25) is 14.2 Å². The van der Waals surface area contributed by atoms with E-state index in [9.17, 15) is 9.59 Å². The van der Waals surface area contributed by atoms with E-state index in [1.165, 1.54) is 0 Å². The van der Waals surface area contributed by atoms with Crippen LogP contribution in [0.1, 0.15) is 35.4 Å². The van der Waals surface area contributed by atoms with Crippen LogP contribution in [0.15, 0.2) is 71.5 Å². The molecule has 7 heteroatoms. The van der Waals surface area contributed by atoms with Gasteiger partial charge in [0, 0.05) is 18.5 Å². The first kappa shape index (κ1) is 21.2. The fourth-order valence-electron chi connectivity index (χ4n) is 4.06. The maximum absolute atomic E-state index is 13.1. The van der Waals surface area contributed by atoms with E-state index >= 15 is 0 Å². The number of nitrogens with zero attached hydrogens (tertiary/aromatic N) is 2. The summed E-state index contributed by atoms with van der Waals surface area (Å²) in [5, 5.41) is 3.90. The molecule has 5 rings (SSSR count). The predicted octanol–water partition coefficient (Wildman–Crippen LogP) is 5.82. The molecule has 1 aliphatic heterocycles. The quantitative estimate of drug-likeness (QED) is 0.417. The number of aryl methyl sites for hydroxylation is 1. The van der Waals surface area contributed by atoms with Gasteiger partial charge in [0.1, 0.15) is 11.6 Å². The molecule has 6 nitrogen and oxygen atoms in total.